The average Bonchev–Trinajstić information content (AvgIpc) is 3.11. The molecule has 292 valence electrons. The van der Waals surface area contributed by atoms with E-state index in [0.717, 1.165) is 44.9 Å². The summed E-state index contributed by atoms with van der Waals surface area (Å²) < 4.78 is 11.3. The van der Waals surface area contributed by atoms with Gasteiger partial charge in [-0.3, -0.25) is 19.3 Å². The van der Waals surface area contributed by atoms with Gasteiger partial charge in [0.2, 0.25) is 11.8 Å². The third-order valence-corrected chi connectivity index (χ3v) is 9.11. The smallest absolute Gasteiger partial charge is 0.307 e. The summed E-state index contributed by atoms with van der Waals surface area (Å²) >= 11 is 0. The Morgan fingerprint density at radius 3 is 1.42 bits per heavy atom. The van der Waals surface area contributed by atoms with Crippen LogP contribution in [0.3, 0.4) is 0 Å². The summed E-state index contributed by atoms with van der Waals surface area (Å²) in [4.78, 5) is 38.5. The second kappa shape index (κ2) is 39.6. The van der Waals surface area contributed by atoms with Crippen LogP contribution in [0.4, 0.5) is 0 Å². The number of carbonyl (C=O) groups is 3. The minimum atomic E-state index is -0.290. The lowest BCUT2D eigenvalue weighted by Crippen LogP contribution is -2.37. The lowest BCUT2D eigenvalue weighted by atomic mass is 10.1. The molecule has 0 saturated heterocycles. The molecule has 0 rings (SSSR count). The zero-order chi connectivity index (χ0) is 36.6. The van der Waals surface area contributed by atoms with Gasteiger partial charge in [0.25, 0.3) is 0 Å². The summed E-state index contributed by atoms with van der Waals surface area (Å²) in [5.41, 5.74) is 0. The van der Waals surface area contributed by atoms with Crippen LogP contribution in [-0.2, 0) is 23.9 Å². The summed E-state index contributed by atoms with van der Waals surface area (Å²) in [6, 6.07) is 0. The molecule has 0 fully saturated rings. The van der Waals surface area contributed by atoms with Crippen molar-refractivity contribution in [1.82, 2.24) is 10.2 Å². The summed E-state index contributed by atoms with van der Waals surface area (Å²) in [6.07, 6.45) is 41.8. The van der Waals surface area contributed by atoms with Gasteiger partial charge in [-0.2, -0.15) is 0 Å². The van der Waals surface area contributed by atoms with Crippen molar-refractivity contribution in [2.24, 2.45) is 0 Å². The van der Waals surface area contributed by atoms with Crippen molar-refractivity contribution in [2.45, 2.75) is 207 Å². The third kappa shape index (κ3) is 35.7. The number of esters is 1. The Morgan fingerprint density at radius 1 is 0.500 bits per heavy atom. The molecular weight excluding hydrogens is 624 g/mol. The highest BCUT2D eigenvalue weighted by Crippen LogP contribution is 2.12. The van der Waals surface area contributed by atoms with E-state index >= 15 is 0 Å². The monoisotopic (exact) mass is 705 g/mol. The van der Waals surface area contributed by atoms with Crippen LogP contribution in [0.5, 0.6) is 0 Å². The zero-order valence-corrected chi connectivity index (χ0v) is 33.1. The van der Waals surface area contributed by atoms with Gasteiger partial charge in [0, 0.05) is 32.4 Å². The first kappa shape index (κ1) is 47.8. The molecule has 0 atom stereocenters. The van der Waals surface area contributed by atoms with Crippen molar-refractivity contribution < 1.29 is 23.9 Å². The highest BCUT2D eigenvalue weighted by molar-refractivity contribution is 5.83. The van der Waals surface area contributed by atoms with Gasteiger partial charge in [-0.25, -0.2) is 0 Å². The van der Waals surface area contributed by atoms with Gasteiger partial charge in [0.1, 0.15) is 6.73 Å². The van der Waals surface area contributed by atoms with Crippen molar-refractivity contribution >= 4 is 17.8 Å². The molecule has 0 aromatic rings. The first-order chi connectivity index (χ1) is 24.5. The van der Waals surface area contributed by atoms with Crippen molar-refractivity contribution in [1.29, 1.82) is 0 Å². The Balaban J connectivity index is 4.08. The molecule has 0 unspecified atom stereocenters. The molecule has 2 amide bonds. The second-order valence-electron chi connectivity index (χ2n) is 14.0. The van der Waals surface area contributed by atoms with Crippen molar-refractivity contribution in [3.05, 3.63) is 24.3 Å². The van der Waals surface area contributed by atoms with Crippen LogP contribution < -0.4 is 5.32 Å². The predicted octanol–water partition coefficient (Wildman–Crippen LogP) is 11.9. The number of rotatable bonds is 38. The maximum absolute atomic E-state index is 12.8. The average molecular weight is 705 g/mol. The Labute approximate surface area is 309 Å². The summed E-state index contributed by atoms with van der Waals surface area (Å²) in [6.45, 7) is 7.39. The van der Waals surface area contributed by atoms with Crippen LogP contribution in [0, 0.1) is 0 Å². The SMILES string of the molecule is CCCCCCCC/C=C\CCCCCCCOCN(COC(=O)CCCCCCC/C=C\CCCCCCCC)C(=O)CCC(=O)NCC. The maximum atomic E-state index is 12.8. The van der Waals surface area contributed by atoms with Crippen LogP contribution in [0.2, 0.25) is 0 Å². The van der Waals surface area contributed by atoms with Crippen LogP contribution in [-0.4, -0.2) is 49.3 Å². The van der Waals surface area contributed by atoms with E-state index in [2.05, 4.69) is 43.5 Å². The molecule has 0 bridgehead atoms. The van der Waals surface area contributed by atoms with Gasteiger partial charge in [-0.1, -0.05) is 141 Å². The Morgan fingerprint density at radius 2 is 0.940 bits per heavy atom. The molecule has 1 N–H and O–H groups in total. The maximum Gasteiger partial charge on any atom is 0.307 e. The fraction of sp³-hybridized carbons (Fsp3) is 0.837. The normalized spacial score (nSPS) is 11.5. The first-order valence-electron chi connectivity index (χ1n) is 21.1. The predicted molar refractivity (Wildman–Crippen MR) is 211 cm³/mol. The Hall–Kier alpha value is -2.15. The van der Waals surface area contributed by atoms with Crippen molar-refractivity contribution in [3.63, 3.8) is 0 Å². The van der Waals surface area contributed by atoms with Crippen LogP contribution in [0.15, 0.2) is 24.3 Å². The van der Waals surface area contributed by atoms with Crippen molar-refractivity contribution in [3.8, 4) is 0 Å². The van der Waals surface area contributed by atoms with E-state index in [4.69, 9.17) is 9.47 Å². The van der Waals surface area contributed by atoms with E-state index < -0.39 is 0 Å². The molecule has 0 aromatic carbocycles. The number of nitrogens with zero attached hydrogens (tertiary/aromatic N) is 1. The highest BCUT2D eigenvalue weighted by Gasteiger charge is 2.17. The molecule has 0 aliphatic heterocycles. The molecule has 0 heterocycles. The zero-order valence-electron chi connectivity index (χ0n) is 33.1. The van der Waals surface area contributed by atoms with Gasteiger partial charge in [0.05, 0.1) is 0 Å². The molecule has 0 aliphatic rings. The number of unbranched alkanes of at least 4 members (excludes halogenated alkanes) is 22. The van der Waals surface area contributed by atoms with Crippen LogP contribution >= 0.6 is 0 Å². The topological polar surface area (TPSA) is 84.9 Å². The third-order valence-electron chi connectivity index (χ3n) is 9.11. The van der Waals surface area contributed by atoms with E-state index in [-0.39, 0.29) is 44.1 Å². The van der Waals surface area contributed by atoms with E-state index in [9.17, 15) is 14.4 Å². The minimum Gasteiger partial charge on any atom is -0.444 e. The number of hydrogen-bond acceptors (Lipinski definition) is 5. The van der Waals surface area contributed by atoms with Gasteiger partial charge >= 0.3 is 5.97 Å². The van der Waals surface area contributed by atoms with E-state index in [1.54, 1.807) is 0 Å². The summed E-state index contributed by atoms with van der Waals surface area (Å²) in [5.74, 6) is -0.688. The molecule has 7 nitrogen and oxygen atoms in total. The number of allylic oxidation sites excluding steroid dienone is 4. The van der Waals surface area contributed by atoms with Crippen LogP contribution in [0.1, 0.15) is 207 Å². The largest absolute Gasteiger partial charge is 0.444 e. The lowest BCUT2D eigenvalue weighted by molar-refractivity contribution is -0.158. The Bertz CT molecular complexity index is 828. The number of nitrogens with one attached hydrogen (secondary N) is 1. The molecule has 0 aliphatic carbocycles. The van der Waals surface area contributed by atoms with E-state index in [1.165, 1.54) is 127 Å². The minimum absolute atomic E-state index is 0.0639. The molecular formula is C43H80N2O5. The lowest BCUT2D eigenvalue weighted by Gasteiger charge is -2.22. The molecule has 50 heavy (non-hydrogen) atoms. The van der Waals surface area contributed by atoms with E-state index in [0.29, 0.717) is 19.6 Å². The highest BCUT2D eigenvalue weighted by atomic mass is 16.6. The number of amides is 2. The Kier molecular flexibility index (Phi) is 37.9. The van der Waals surface area contributed by atoms with Gasteiger partial charge in [0.15, 0.2) is 6.73 Å². The molecule has 0 radical (unpaired) electrons. The fourth-order valence-corrected chi connectivity index (χ4v) is 5.86. The molecule has 0 spiro atoms. The number of carbonyl (C=O) groups excluding carboxylic acids is 3. The van der Waals surface area contributed by atoms with Gasteiger partial charge in [-0.15, -0.1) is 0 Å². The summed E-state index contributed by atoms with van der Waals surface area (Å²) in [7, 11) is 0. The summed E-state index contributed by atoms with van der Waals surface area (Å²) in [5, 5.41) is 2.72. The fourth-order valence-electron chi connectivity index (χ4n) is 5.86. The van der Waals surface area contributed by atoms with Crippen LogP contribution in [0.25, 0.3) is 0 Å². The van der Waals surface area contributed by atoms with Gasteiger partial charge in [-0.05, 0) is 71.1 Å². The van der Waals surface area contributed by atoms with E-state index in [1.807, 2.05) is 6.92 Å². The van der Waals surface area contributed by atoms with Crippen molar-refractivity contribution in [2.75, 3.05) is 26.6 Å². The number of hydrogen-bond donors (Lipinski definition) is 1. The number of ether oxygens (including phenoxy) is 2. The quantitative estimate of drug-likeness (QED) is 0.0299. The molecule has 0 saturated carbocycles. The second-order valence-corrected chi connectivity index (χ2v) is 14.0. The molecule has 7 heteroatoms. The molecule has 0 aromatic heterocycles. The standard InChI is InChI=1S/C43H80N2O5/c1-4-7-9-11-13-15-17-19-21-23-25-27-29-31-33-35-43(48)50-40-45(42(47)37-36-41(46)44-6-3)39-49-38-34-32-30-28-26-24-22-20-18-16-14-12-10-8-5-2/h19-22H,4-18,23-40H2,1-3H3,(H,44,46)/b21-19-,22-20-. The van der Waals surface area contributed by atoms with Gasteiger partial charge < -0.3 is 14.8 Å². The first-order valence-corrected chi connectivity index (χ1v) is 21.1.